The molecule has 1 atom stereocenters. The van der Waals surface area contributed by atoms with E-state index in [1.54, 1.807) is 17.0 Å². The van der Waals surface area contributed by atoms with Crippen LogP contribution in [-0.2, 0) is 21.2 Å². The first-order valence-corrected chi connectivity index (χ1v) is 10.2. The number of anilines is 1. The highest BCUT2D eigenvalue weighted by Crippen LogP contribution is 2.22. The Labute approximate surface area is 155 Å². The smallest absolute Gasteiger partial charge is 0.238 e. The van der Waals surface area contributed by atoms with Crippen molar-refractivity contribution in [2.24, 2.45) is 0 Å². The van der Waals surface area contributed by atoms with Crippen molar-refractivity contribution in [2.45, 2.75) is 19.0 Å². The third kappa shape index (κ3) is 4.84. The van der Waals surface area contributed by atoms with Gasteiger partial charge in [-0.2, -0.15) is 0 Å². The maximum absolute atomic E-state index is 13.8. The van der Waals surface area contributed by atoms with Gasteiger partial charge in [0.25, 0.3) is 0 Å². The normalized spacial score (nSPS) is 19.0. The van der Waals surface area contributed by atoms with E-state index in [4.69, 9.17) is 16.0 Å². The average Bonchev–Trinajstić information content (AvgIpc) is 3.19. The molecule has 0 spiro atoms. The van der Waals surface area contributed by atoms with Gasteiger partial charge in [-0.05, 0) is 36.8 Å². The van der Waals surface area contributed by atoms with Crippen molar-refractivity contribution in [3.05, 3.63) is 53.2 Å². The number of benzene rings is 1. The highest BCUT2D eigenvalue weighted by atomic mass is 35.5. The quantitative estimate of drug-likeness (QED) is 0.806. The van der Waals surface area contributed by atoms with Crippen molar-refractivity contribution in [3.63, 3.8) is 0 Å². The number of carbonyl (C=O) groups is 1. The number of halogens is 2. The molecule has 0 saturated carbocycles. The number of sulfone groups is 1. The Morgan fingerprint density at radius 1 is 1.38 bits per heavy atom. The molecule has 1 aliphatic heterocycles. The van der Waals surface area contributed by atoms with Crippen LogP contribution in [0.3, 0.4) is 0 Å². The van der Waals surface area contributed by atoms with Crippen molar-refractivity contribution in [3.8, 4) is 0 Å². The van der Waals surface area contributed by atoms with E-state index in [-0.39, 0.29) is 29.8 Å². The molecular formula is C17H18ClFN2O4S. The topological polar surface area (TPSA) is 79.6 Å². The molecule has 0 radical (unpaired) electrons. The molecule has 6 nitrogen and oxygen atoms in total. The zero-order chi connectivity index (χ0) is 18.7. The molecule has 2 aromatic rings. The van der Waals surface area contributed by atoms with Crippen LogP contribution >= 0.6 is 11.6 Å². The highest BCUT2D eigenvalue weighted by Gasteiger charge is 2.33. The second kappa shape index (κ2) is 7.77. The zero-order valence-corrected chi connectivity index (χ0v) is 15.4. The number of amides is 1. The van der Waals surface area contributed by atoms with Gasteiger partial charge in [0.1, 0.15) is 11.6 Å². The first-order valence-electron chi connectivity index (χ1n) is 8.04. The van der Waals surface area contributed by atoms with Crippen LogP contribution in [0.4, 0.5) is 10.1 Å². The standard InChI is InChI=1S/C17H18ClFN2O4S/c18-12-3-4-15(19)16(8-12)20-17(22)10-21(9-14-2-1-6-25-14)13-5-7-26(23,24)11-13/h1-4,6,8,13H,5,7,9-11H2,(H,20,22)/t13-/m0/s1. The van der Waals surface area contributed by atoms with E-state index in [9.17, 15) is 17.6 Å². The number of nitrogens with one attached hydrogen (secondary N) is 1. The molecule has 1 aromatic carbocycles. The molecule has 1 amide bonds. The summed E-state index contributed by atoms with van der Waals surface area (Å²) < 4.78 is 42.7. The summed E-state index contributed by atoms with van der Waals surface area (Å²) in [5.74, 6) is -0.342. The molecule has 1 aromatic heterocycles. The highest BCUT2D eigenvalue weighted by molar-refractivity contribution is 7.91. The summed E-state index contributed by atoms with van der Waals surface area (Å²) in [6.45, 7) is 0.200. The molecule has 0 aliphatic carbocycles. The SMILES string of the molecule is O=C(CN(Cc1ccco1)[C@H]1CCS(=O)(=O)C1)Nc1cc(Cl)ccc1F. The molecule has 26 heavy (non-hydrogen) atoms. The van der Waals surface area contributed by atoms with Gasteiger partial charge >= 0.3 is 0 Å². The number of carbonyl (C=O) groups excluding carboxylic acids is 1. The van der Waals surface area contributed by atoms with E-state index in [0.29, 0.717) is 23.7 Å². The zero-order valence-electron chi connectivity index (χ0n) is 13.8. The van der Waals surface area contributed by atoms with Crippen LogP contribution in [-0.4, -0.2) is 43.3 Å². The summed E-state index contributed by atoms with van der Waals surface area (Å²) in [4.78, 5) is 14.1. The fourth-order valence-electron chi connectivity index (χ4n) is 2.95. The Kier molecular flexibility index (Phi) is 5.64. The maximum atomic E-state index is 13.8. The third-order valence-electron chi connectivity index (χ3n) is 4.21. The minimum atomic E-state index is -3.11. The van der Waals surface area contributed by atoms with Crippen molar-refractivity contribution < 1.29 is 22.0 Å². The predicted molar refractivity (Wildman–Crippen MR) is 96.2 cm³/mol. The molecule has 0 bridgehead atoms. The van der Waals surface area contributed by atoms with Crippen LogP contribution < -0.4 is 5.32 Å². The Morgan fingerprint density at radius 2 is 2.19 bits per heavy atom. The third-order valence-corrected chi connectivity index (χ3v) is 6.20. The van der Waals surface area contributed by atoms with Gasteiger partial charge in [-0.3, -0.25) is 9.69 Å². The van der Waals surface area contributed by atoms with E-state index in [0.717, 1.165) is 0 Å². The van der Waals surface area contributed by atoms with Crippen molar-refractivity contribution in [1.82, 2.24) is 4.90 Å². The van der Waals surface area contributed by atoms with Gasteiger partial charge in [-0.1, -0.05) is 11.6 Å². The molecule has 0 unspecified atom stereocenters. The Morgan fingerprint density at radius 3 is 2.85 bits per heavy atom. The number of hydrogen-bond acceptors (Lipinski definition) is 5. The molecule has 1 fully saturated rings. The minimum Gasteiger partial charge on any atom is -0.468 e. The predicted octanol–water partition coefficient (Wildman–Crippen LogP) is 2.70. The van der Waals surface area contributed by atoms with E-state index >= 15 is 0 Å². The van der Waals surface area contributed by atoms with E-state index in [1.807, 2.05) is 0 Å². The lowest BCUT2D eigenvalue weighted by molar-refractivity contribution is -0.118. The summed E-state index contributed by atoms with van der Waals surface area (Å²) in [6, 6.07) is 7.07. The lowest BCUT2D eigenvalue weighted by Gasteiger charge is -2.26. The van der Waals surface area contributed by atoms with Gasteiger partial charge in [-0.15, -0.1) is 0 Å². The monoisotopic (exact) mass is 400 g/mol. The molecule has 1 N–H and O–H groups in total. The van der Waals surface area contributed by atoms with Crippen LogP contribution in [0.5, 0.6) is 0 Å². The molecule has 3 rings (SSSR count). The lowest BCUT2D eigenvalue weighted by atomic mass is 10.2. The summed E-state index contributed by atoms with van der Waals surface area (Å²) >= 11 is 5.83. The fourth-order valence-corrected chi connectivity index (χ4v) is 4.88. The van der Waals surface area contributed by atoms with Crippen LogP contribution in [0.1, 0.15) is 12.2 Å². The van der Waals surface area contributed by atoms with Crippen LogP contribution in [0.2, 0.25) is 5.02 Å². The summed E-state index contributed by atoms with van der Waals surface area (Å²) in [7, 11) is -3.11. The van der Waals surface area contributed by atoms with Crippen LogP contribution in [0, 0.1) is 5.82 Å². The molecule has 2 heterocycles. The first kappa shape index (κ1) is 18.9. The van der Waals surface area contributed by atoms with Crippen molar-refractivity contribution in [1.29, 1.82) is 0 Å². The number of furan rings is 1. The number of rotatable bonds is 6. The van der Waals surface area contributed by atoms with Gasteiger partial charge in [0, 0.05) is 11.1 Å². The Hall–Kier alpha value is -1.90. The van der Waals surface area contributed by atoms with Crippen molar-refractivity contribution in [2.75, 3.05) is 23.4 Å². The average molecular weight is 401 g/mol. The first-order chi connectivity index (χ1) is 12.3. The second-order valence-electron chi connectivity index (χ2n) is 6.21. The van der Waals surface area contributed by atoms with Crippen LogP contribution in [0.25, 0.3) is 0 Å². The lowest BCUT2D eigenvalue weighted by Crippen LogP contribution is -2.41. The molecule has 140 valence electrons. The van der Waals surface area contributed by atoms with E-state index < -0.39 is 21.6 Å². The molecule has 1 aliphatic rings. The second-order valence-corrected chi connectivity index (χ2v) is 8.88. The van der Waals surface area contributed by atoms with E-state index in [1.165, 1.54) is 24.5 Å². The molecule has 1 saturated heterocycles. The number of nitrogens with zero attached hydrogens (tertiary/aromatic N) is 1. The largest absolute Gasteiger partial charge is 0.468 e. The van der Waals surface area contributed by atoms with Crippen molar-refractivity contribution >= 4 is 33.0 Å². The van der Waals surface area contributed by atoms with E-state index in [2.05, 4.69) is 5.32 Å². The Balaban J connectivity index is 1.72. The summed E-state index contributed by atoms with van der Waals surface area (Å²) in [5, 5.41) is 2.79. The fraction of sp³-hybridized carbons (Fsp3) is 0.353. The van der Waals surface area contributed by atoms with Crippen LogP contribution in [0.15, 0.2) is 41.0 Å². The summed E-state index contributed by atoms with van der Waals surface area (Å²) in [5.41, 5.74) is -0.0144. The summed E-state index contributed by atoms with van der Waals surface area (Å²) in [6.07, 6.45) is 1.96. The number of hydrogen-bond donors (Lipinski definition) is 1. The van der Waals surface area contributed by atoms with Gasteiger partial charge < -0.3 is 9.73 Å². The Bertz CT molecular complexity index is 886. The van der Waals surface area contributed by atoms with Gasteiger partial charge in [0.2, 0.25) is 5.91 Å². The van der Waals surface area contributed by atoms with Gasteiger partial charge in [-0.25, -0.2) is 12.8 Å². The van der Waals surface area contributed by atoms with Gasteiger partial charge in [0.05, 0.1) is 36.5 Å². The molecular weight excluding hydrogens is 383 g/mol. The maximum Gasteiger partial charge on any atom is 0.238 e. The minimum absolute atomic E-state index is 0.00743. The molecule has 9 heteroatoms. The van der Waals surface area contributed by atoms with Gasteiger partial charge in [0.15, 0.2) is 9.84 Å².